The smallest absolute Gasteiger partial charge is 0.132 e. The van der Waals surface area contributed by atoms with E-state index in [1.54, 1.807) is 0 Å². The molecule has 136 valence electrons. The van der Waals surface area contributed by atoms with Gasteiger partial charge in [-0.3, -0.25) is 4.99 Å². The zero-order chi connectivity index (χ0) is 18.7. The molecule has 4 rings (SSSR count). The molecule has 0 aliphatic carbocycles. The highest BCUT2D eigenvalue weighted by atomic mass is 16.3. The Balaban J connectivity index is 1.82. The number of nitrogens with zero attached hydrogens (tertiary/aromatic N) is 2. The van der Waals surface area contributed by atoms with Crippen LogP contribution in [-0.4, -0.2) is 28.0 Å². The summed E-state index contributed by atoms with van der Waals surface area (Å²) < 4.78 is 0. The minimum absolute atomic E-state index is 0.00577. The van der Waals surface area contributed by atoms with Crippen molar-refractivity contribution in [2.24, 2.45) is 4.99 Å². The molecule has 0 saturated heterocycles. The maximum atomic E-state index is 10.3. The van der Waals surface area contributed by atoms with E-state index in [2.05, 4.69) is 53.4 Å². The first-order valence-electron chi connectivity index (χ1n) is 9.33. The predicted octanol–water partition coefficient (Wildman–Crippen LogP) is 4.44. The number of hydrogen-bond donors (Lipinski definition) is 1. The van der Waals surface area contributed by atoms with E-state index in [1.807, 2.05) is 49.4 Å². The fourth-order valence-electron chi connectivity index (χ4n) is 3.89. The molecular formula is C24H24N2O. The predicted molar refractivity (Wildman–Crippen MR) is 110 cm³/mol. The Labute approximate surface area is 160 Å². The van der Waals surface area contributed by atoms with Gasteiger partial charge in [0.05, 0.1) is 12.6 Å². The molecule has 0 unspecified atom stereocenters. The second-order valence-corrected chi connectivity index (χ2v) is 7.24. The maximum Gasteiger partial charge on any atom is 0.132 e. The normalized spacial score (nSPS) is 21.9. The second kappa shape index (κ2) is 7.37. The summed E-state index contributed by atoms with van der Waals surface area (Å²) in [7, 11) is 0. The van der Waals surface area contributed by atoms with E-state index in [1.165, 1.54) is 11.1 Å². The van der Waals surface area contributed by atoms with Crippen LogP contribution in [0, 0.1) is 0 Å². The fourth-order valence-corrected chi connectivity index (χ4v) is 3.89. The molecule has 1 N–H and O–H groups in total. The van der Waals surface area contributed by atoms with Crippen LogP contribution in [0.3, 0.4) is 0 Å². The lowest BCUT2D eigenvalue weighted by atomic mass is 9.88. The van der Waals surface area contributed by atoms with Gasteiger partial charge in [0.15, 0.2) is 0 Å². The highest BCUT2D eigenvalue weighted by molar-refractivity contribution is 6.00. The van der Waals surface area contributed by atoms with Crippen molar-refractivity contribution in [3.8, 4) is 0 Å². The molecule has 0 amide bonds. The van der Waals surface area contributed by atoms with Crippen LogP contribution in [0.2, 0.25) is 0 Å². The molecule has 3 heteroatoms. The molecule has 3 aromatic rings. The van der Waals surface area contributed by atoms with Crippen LogP contribution in [0.1, 0.15) is 29.7 Å². The minimum atomic E-state index is -0.596. The van der Waals surface area contributed by atoms with Crippen LogP contribution >= 0.6 is 0 Å². The third kappa shape index (κ3) is 3.38. The van der Waals surface area contributed by atoms with E-state index in [0.717, 1.165) is 17.9 Å². The van der Waals surface area contributed by atoms with Gasteiger partial charge < -0.3 is 10.0 Å². The summed E-state index contributed by atoms with van der Waals surface area (Å²) >= 11 is 0. The Bertz CT molecular complexity index is 909. The van der Waals surface area contributed by atoms with Crippen molar-refractivity contribution in [3.63, 3.8) is 0 Å². The van der Waals surface area contributed by atoms with Crippen LogP contribution in [0.4, 0.5) is 0 Å². The van der Waals surface area contributed by atoms with Crippen LogP contribution in [0.15, 0.2) is 96.0 Å². The Hall–Kier alpha value is -2.91. The first-order chi connectivity index (χ1) is 13.2. The molecule has 27 heavy (non-hydrogen) atoms. The topological polar surface area (TPSA) is 35.8 Å². The maximum absolute atomic E-state index is 10.3. The Morgan fingerprint density at radius 2 is 1.41 bits per heavy atom. The highest BCUT2D eigenvalue weighted by Crippen LogP contribution is 2.42. The monoisotopic (exact) mass is 356 g/mol. The largest absolute Gasteiger partial charge is 0.394 e. The molecule has 1 heterocycles. The third-order valence-corrected chi connectivity index (χ3v) is 5.20. The van der Waals surface area contributed by atoms with Crippen molar-refractivity contribution in [1.82, 2.24) is 4.90 Å². The molecule has 3 nitrogen and oxygen atoms in total. The first kappa shape index (κ1) is 17.5. The van der Waals surface area contributed by atoms with Gasteiger partial charge in [-0.05, 0) is 18.1 Å². The minimum Gasteiger partial charge on any atom is -0.394 e. The number of benzene rings is 3. The van der Waals surface area contributed by atoms with Gasteiger partial charge in [0.1, 0.15) is 11.4 Å². The van der Waals surface area contributed by atoms with Gasteiger partial charge in [0, 0.05) is 12.1 Å². The van der Waals surface area contributed by atoms with Crippen molar-refractivity contribution < 1.29 is 5.11 Å². The number of rotatable bonds is 5. The lowest BCUT2D eigenvalue weighted by Crippen LogP contribution is -2.40. The molecule has 2 atom stereocenters. The molecule has 1 aliphatic heterocycles. The van der Waals surface area contributed by atoms with E-state index in [4.69, 9.17) is 4.99 Å². The zero-order valence-corrected chi connectivity index (χ0v) is 15.5. The number of aliphatic hydroxyl groups excluding tert-OH is 1. The summed E-state index contributed by atoms with van der Waals surface area (Å²) in [5.74, 6) is 0.935. The lowest BCUT2D eigenvalue weighted by molar-refractivity contribution is 0.146. The molecule has 0 aromatic heterocycles. The Morgan fingerprint density at radius 1 is 0.852 bits per heavy atom. The molecule has 0 radical (unpaired) electrons. The Kier molecular flexibility index (Phi) is 4.78. The van der Waals surface area contributed by atoms with E-state index in [-0.39, 0.29) is 12.6 Å². The van der Waals surface area contributed by atoms with Gasteiger partial charge in [-0.25, -0.2) is 0 Å². The zero-order valence-electron chi connectivity index (χ0n) is 15.5. The standard InChI is InChI=1S/C24H24N2O/c1-24(18-27)22(20-13-7-3-8-14-20)26(17-19-11-5-2-6-12-19)23(25-24)21-15-9-4-10-16-21/h2-16,22,27H,17-18H2,1H3/t22-,24+/m1/s1. The van der Waals surface area contributed by atoms with Crippen LogP contribution in [-0.2, 0) is 6.54 Å². The first-order valence-corrected chi connectivity index (χ1v) is 9.33. The molecule has 3 aromatic carbocycles. The van der Waals surface area contributed by atoms with E-state index in [9.17, 15) is 5.11 Å². The quantitative estimate of drug-likeness (QED) is 0.733. The molecule has 0 fully saturated rings. The van der Waals surface area contributed by atoms with E-state index in [0.29, 0.717) is 0 Å². The highest BCUT2D eigenvalue weighted by Gasteiger charge is 2.46. The Morgan fingerprint density at radius 3 is 2.00 bits per heavy atom. The number of aliphatic imine (C=N–C) groups is 1. The van der Waals surface area contributed by atoms with Gasteiger partial charge in [-0.15, -0.1) is 0 Å². The van der Waals surface area contributed by atoms with Crippen LogP contribution in [0.25, 0.3) is 0 Å². The summed E-state index contributed by atoms with van der Waals surface area (Å²) in [6.45, 7) is 2.77. The molecule has 0 bridgehead atoms. The summed E-state index contributed by atoms with van der Waals surface area (Å²) in [5.41, 5.74) is 2.87. The van der Waals surface area contributed by atoms with Crippen LogP contribution < -0.4 is 0 Å². The number of aliphatic hydroxyl groups is 1. The van der Waals surface area contributed by atoms with Gasteiger partial charge in [0.25, 0.3) is 0 Å². The fraction of sp³-hybridized carbons (Fsp3) is 0.208. The van der Waals surface area contributed by atoms with Crippen molar-refractivity contribution in [3.05, 3.63) is 108 Å². The van der Waals surface area contributed by atoms with Gasteiger partial charge in [-0.1, -0.05) is 91.0 Å². The SMILES string of the molecule is C[C@@]1(CO)N=C(c2ccccc2)N(Cc2ccccc2)[C@@H]1c1ccccc1. The summed E-state index contributed by atoms with van der Waals surface area (Å²) in [6, 6.07) is 31.0. The van der Waals surface area contributed by atoms with Gasteiger partial charge in [-0.2, -0.15) is 0 Å². The average Bonchev–Trinajstić information content (AvgIpc) is 3.03. The van der Waals surface area contributed by atoms with Crippen molar-refractivity contribution >= 4 is 5.84 Å². The van der Waals surface area contributed by atoms with Gasteiger partial charge in [0.2, 0.25) is 0 Å². The molecular weight excluding hydrogens is 332 g/mol. The summed E-state index contributed by atoms with van der Waals surface area (Å²) in [6.07, 6.45) is 0. The van der Waals surface area contributed by atoms with Gasteiger partial charge >= 0.3 is 0 Å². The van der Waals surface area contributed by atoms with E-state index >= 15 is 0 Å². The summed E-state index contributed by atoms with van der Waals surface area (Å²) in [5, 5.41) is 10.3. The molecule has 0 spiro atoms. The lowest BCUT2D eigenvalue weighted by Gasteiger charge is -2.35. The number of hydrogen-bond acceptors (Lipinski definition) is 3. The third-order valence-electron chi connectivity index (χ3n) is 5.20. The van der Waals surface area contributed by atoms with Crippen molar-refractivity contribution in [2.75, 3.05) is 6.61 Å². The van der Waals surface area contributed by atoms with E-state index < -0.39 is 5.54 Å². The van der Waals surface area contributed by atoms with Crippen molar-refractivity contribution in [2.45, 2.75) is 25.0 Å². The number of amidine groups is 1. The van der Waals surface area contributed by atoms with Crippen molar-refractivity contribution in [1.29, 1.82) is 0 Å². The average molecular weight is 356 g/mol. The molecule has 1 aliphatic rings. The molecule has 0 saturated carbocycles. The second-order valence-electron chi connectivity index (χ2n) is 7.24. The van der Waals surface area contributed by atoms with Crippen LogP contribution in [0.5, 0.6) is 0 Å². The summed E-state index contributed by atoms with van der Waals surface area (Å²) in [4.78, 5) is 7.37.